The molecule has 4 nitrogen and oxygen atoms in total. The molecule has 0 spiro atoms. The van der Waals surface area contributed by atoms with Crippen molar-refractivity contribution in [3.8, 4) is 5.75 Å². The number of amides is 1. The zero-order valence-corrected chi connectivity index (χ0v) is 15.6. The standard InChI is InChI=1S/C18H15BrN2O2S/c1-11-4-3-5-14(8-11)20-18-21-17(22)16(24-18)10-12-9-13(19)6-7-15(12)23-2/h3-10H,1-2H3,(H,20,21,22)/b16-10-. The molecule has 2 aromatic rings. The normalized spacial score (nSPS) is 17.4. The van der Waals surface area contributed by atoms with Crippen LogP contribution in [0.5, 0.6) is 5.75 Å². The molecule has 1 N–H and O–H groups in total. The third-order valence-electron chi connectivity index (χ3n) is 3.36. The number of carbonyl (C=O) groups is 1. The number of nitrogens with zero attached hydrogens (tertiary/aromatic N) is 1. The summed E-state index contributed by atoms with van der Waals surface area (Å²) in [7, 11) is 1.61. The van der Waals surface area contributed by atoms with E-state index in [-0.39, 0.29) is 5.91 Å². The molecule has 2 aromatic carbocycles. The van der Waals surface area contributed by atoms with Gasteiger partial charge < -0.3 is 10.1 Å². The van der Waals surface area contributed by atoms with Gasteiger partial charge in [0, 0.05) is 10.0 Å². The molecule has 0 atom stereocenters. The summed E-state index contributed by atoms with van der Waals surface area (Å²) in [6.07, 6.45) is 1.81. The molecule has 24 heavy (non-hydrogen) atoms. The fourth-order valence-electron chi connectivity index (χ4n) is 2.25. The van der Waals surface area contributed by atoms with Crippen LogP contribution in [0.1, 0.15) is 11.1 Å². The third-order valence-corrected chi connectivity index (χ3v) is 4.76. The Morgan fingerprint density at radius 2 is 2.08 bits per heavy atom. The second-order valence-corrected chi connectivity index (χ2v) is 7.15. The molecule has 0 aliphatic carbocycles. The first-order chi connectivity index (χ1) is 11.5. The molecule has 1 aliphatic rings. The van der Waals surface area contributed by atoms with Gasteiger partial charge in [-0.1, -0.05) is 28.1 Å². The summed E-state index contributed by atoms with van der Waals surface area (Å²) < 4.78 is 6.27. The highest BCUT2D eigenvalue weighted by molar-refractivity contribution is 9.10. The summed E-state index contributed by atoms with van der Waals surface area (Å²) in [5.41, 5.74) is 2.78. The Labute approximate surface area is 153 Å². The Kier molecular flexibility index (Phi) is 5.06. The fraction of sp³-hybridized carbons (Fsp3) is 0.111. The second kappa shape index (κ2) is 7.23. The quantitative estimate of drug-likeness (QED) is 0.759. The molecular weight excluding hydrogens is 388 g/mol. The first kappa shape index (κ1) is 16.8. The highest BCUT2D eigenvalue weighted by atomic mass is 79.9. The number of nitrogens with one attached hydrogen (secondary N) is 1. The predicted molar refractivity (Wildman–Crippen MR) is 103 cm³/mol. The van der Waals surface area contributed by atoms with Crippen molar-refractivity contribution in [2.75, 3.05) is 7.11 Å². The van der Waals surface area contributed by atoms with Crippen LogP contribution in [0.4, 0.5) is 5.69 Å². The van der Waals surface area contributed by atoms with Gasteiger partial charge in [-0.05, 0) is 60.7 Å². The van der Waals surface area contributed by atoms with Crippen molar-refractivity contribution in [3.05, 3.63) is 63.0 Å². The summed E-state index contributed by atoms with van der Waals surface area (Å²) in [6, 6.07) is 13.5. The van der Waals surface area contributed by atoms with E-state index in [0.29, 0.717) is 15.8 Å². The number of halogens is 1. The highest BCUT2D eigenvalue weighted by Gasteiger charge is 2.24. The zero-order valence-electron chi connectivity index (χ0n) is 13.2. The topological polar surface area (TPSA) is 50.7 Å². The van der Waals surface area contributed by atoms with E-state index in [1.165, 1.54) is 11.8 Å². The lowest BCUT2D eigenvalue weighted by molar-refractivity contribution is -0.115. The maximum atomic E-state index is 12.2. The maximum Gasteiger partial charge on any atom is 0.264 e. The molecule has 3 rings (SSSR count). The van der Waals surface area contributed by atoms with Crippen LogP contribution in [0.25, 0.3) is 6.08 Å². The summed E-state index contributed by atoms with van der Waals surface area (Å²) in [6.45, 7) is 2.01. The molecule has 0 saturated carbocycles. The molecule has 1 fully saturated rings. The average molecular weight is 403 g/mol. The summed E-state index contributed by atoms with van der Waals surface area (Å²) >= 11 is 4.76. The van der Waals surface area contributed by atoms with Crippen LogP contribution in [-0.2, 0) is 4.79 Å². The van der Waals surface area contributed by atoms with Crippen LogP contribution < -0.4 is 10.1 Å². The van der Waals surface area contributed by atoms with Crippen molar-refractivity contribution in [3.63, 3.8) is 0 Å². The van der Waals surface area contributed by atoms with Crippen LogP contribution in [0.2, 0.25) is 0 Å². The number of hydrogen-bond donors (Lipinski definition) is 1. The Hall–Kier alpha value is -2.05. The van der Waals surface area contributed by atoms with Crippen molar-refractivity contribution in [1.82, 2.24) is 5.32 Å². The number of methoxy groups -OCH3 is 1. The minimum atomic E-state index is -0.159. The van der Waals surface area contributed by atoms with Crippen molar-refractivity contribution in [2.45, 2.75) is 6.92 Å². The molecular formula is C18H15BrN2O2S. The molecule has 0 aromatic heterocycles. The molecule has 6 heteroatoms. The monoisotopic (exact) mass is 402 g/mol. The van der Waals surface area contributed by atoms with E-state index in [0.717, 1.165) is 21.3 Å². The zero-order chi connectivity index (χ0) is 17.1. The van der Waals surface area contributed by atoms with Crippen LogP contribution in [0, 0.1) is 6.92 Å². The van der Waals surface area contributed by atoms with Gasteiger partial charge >= 0.3 is 0 Å². The summed E-state index contributed by atoms with van der Waals surface area (Å²) in [5, 5.41) is 3.37. The third kappa shape index (κ3) is 3.88. The van der Waals surface area contributed by atoms with Crippen molar-refractivity contribution in [2.24, 2.45) is 4.99 Å². The fourth-order valence-corrected chi connectivity index (χ4v) is 3.47. The molecule has 1 amide bonds. The van der Waals surface area contributed by atoms with Crippen molar-refractivity contribution < 1.29 is 9.53 Å². The van der Waals surface area contributed by atoms with Gasteiger partial charge in [0.2, 0.25) is 0 Å². The second-order valence-electron chi connectivity index (χ2n) is 5.21. The van der Waals surface area contributed by atoms with Gasteiger partial charge in [-0.25, -0.2) is 4.99 Å². The molecule has 1 heterocycles. The lowest BCUT2D eigenvalue weighted by Gasteiger charge is -2.05. The van der Waals surface area contributed by atoms with Crippen molar-refractivity contribution in [1.29, 1.82) is 0 Å². The average Bonchev–Trinajstić information content (AvgIpc) is 2.87. The number of hydrogen-bond acceptors (Lipinski definition) is 4. The van der Waals surface area contributed by atoms with Gasteiger partial charge in [0.05, 0.1) is 17.7 Å². The van der Waals surface area contributed by atoms with Crippen LogP contribution >= 0.6 is 27.7 Å². The first-order valence-corrected chi connectivity index (χ1v) is 8.86. The van der Waals surface area contributed by atoms with E-state index >= 15 is 0 Å². The maximum absolute atomic E-state index is 12.2. The highest BCUT2D eigenvalue weighted by Crippen LogP contribution is 2.31. The van der Waals surface area contributed by atoms with Gasteiger partial charge in [0.15, 0.2) is 5.17 Å². The largest absolute Gasteiger partial charge is 0.496 e. The minimum Gasteiger partial charge on any atom is -0.496 e. The Balaban J connectivity index is 1.89. The van der Waals surface area contributed by atoms with E-state index in [1.807, 2.05) is 55.5 Å². The minimum absolute atomic E-state index is 0.159. The van der Waals surface area contributed by atoms with Crippen LogP contribution in [-0.4, -0.2) is 18.2 Å². The molecule has 0 bridgehead atoms. The number of ether oxygens (including phenoxy) is 1. The Bertz CT molecular complexity index is 862. The van der Waals surface area contributed by atoms with E-state index in [2.05, 4.69) is 26.2 Å². The molecule has 0 radical (unpaired) electrons. The van der Waals surface area contributed by atoms with Gasteiger partial charge in [-0.3, -0.25) is 4.79 Å². The predicted octanol–water partition coefficient (Wildman–Crippen LogP) is 4.66. The summed E-state index contributed by atoms with van der Waals surface area (Å²) in [5.74, 6) is 0.552. The van der Waals surface area contributed by atoms with Gasteiger partial charge in [-0.2, -0.15) is 0 Å². The van der Waals surface area contributed by atoms with E-state index in [4.69, 9.17) is 4.74 Å². The summed E-state index contributed by atoms with van der Waals surface area (Å²) in [4.78, 5) is 17.3. The number of rotatable bonds is 3. The first-order valence-electron chi connectivity index (χ1n) is 7.25. The lowest BCUT2D eigenvalue weighted by Crippen LogP contribution is -2.19. The SMILES string of the molecule is COc1ccc(Br)cc1/C=C1\SC(=Nc2cccc(C)c2)NC1=O. The lowest BCUT2D eigenvalue weighted by atomic mass is 10.2. The number of thioether (sulfide) groups is 1. The number of amidine groups is 1. The van der Waals surface area contributed by atoms with Gasteiger partial charge in [0.25, 0.3) is 5.91 Å². The van der Waals surface area contributed by atoms with Crippen LogP contribution in [0.15, 0.2) is 56.8 Å². The van der Waals surface area contributed by atoms with Crippen molar-refractivity contribution >= 4 is 50.5 Å². The molecule has 1 saturated heterocycles. The number of carbonyl (C=O) groups excluding carboxylic acids is 1. The van der Waals surface area contributed by atoms with E-state index < -0.39 is 0 Å². The van der Waals surface area contributed by atoms with Gasteiger partial charge in [-0.15, -0.1) is 0 Å². The molecule has 0 unspecified atom stereocenters. The van der Waals surface area contributed by atoms with E-state index in [9.17, 15) is 4.79 Å². The Morgan fingerprint density at radius 1 is 1.25 bits per heavy atom. The van der Waals surface area contributed by atoms with Crippen LogP contribution in [0.3, 0.4) is 0 Å². The molecule has 1 aliphatic heterocycles. The van der Waals surface area contributed by atoms with E-state index in [1.54, 1.807) is 7.11 Å². The number of aliphatic imine (C=N–C) groups is 1. The number of benzene rings is 2. The molecule has 122 valence electrons. The smallest absolute Gasteiger partial charge is 0.264 e. The Morgan fingerprint density at radius 3 is 2.83 bits per heavy atom. The number of aryl methyl sites for hydroxylation is 1. The van der Waals surface area contributed by atoms with Gasteiger partial charge in [0.1, 0.15) is 5.75 Å².